The molecule has 1 aliphatic carbocycles. The first kappa shape index (κ1) is 11.0. The molecule has 86 valence electrons. The Bertz CT molecular complexity index is 401. The van der Waals surface area contributed by atoms with Crippen LogP contribution in [0.3, 0.4) is 0 Å². The highest BCUT2D eigenvalue weighted by Gasteiger charge is 2.33. The van der Waals surface area contributed by atoms with Crippen molar-refractivity contribution in [2.45, 2.75) is 26.4 Å². The Kier molecular flexibility index (Phi) is 2.86. The Labute approximate surface area is 95.4 Å². The van der Waals surface area contributed by atoms with Crippen LogP contribution in [0.15, 0.2) is 35.1 Å². The summed E-state index contributed by atoms with van der Waals surface area (Å²) in [4.78, 5) is 11.8. The number of cyclic esters (lactones) is 1. The maximum absolute atomic E-state index is 11.8. The second-order valence-corrected chi connectivity index (χ2v) is 4.28. The molecule has 0 N–H and O–H groups in total. The zero-order valence-corrected chi connectivity index (χ0v) is 9.82. The molecule has 3 nitrogen and oxygen atoms in total. The molecule has 1 heterocycles. The Morgan fingerprint density at radius 1 is 1.44 bits per heavy atom. The maximum atomic E-state index is 11.8. The van der Waals surface area contributed by atoms with Gasteiger partial charge in [-0.25, -0.2) is 4.79 Å². The van der Waals surface area contributed by atoms with Crippen LogP contribution in [-0.2, 0) is 14.3 Å². The number of methoxy groups -OCH3 is 1. The normalized spacial score (nSPS) is 29.2. The van der Waals surface area contributed by atoms with E-state index in [0.717, 1.165) is 12.0 Å². The van der Waals surface area contributed by atoms with E-state index in [4.69, 9.17) is 9.47 Å². The molecule has 0 radical (unpaired) electrons. The number of esters is 1. The predicted molar refractivity (Wildman–Crippen MR) is 60.6 cm³/mol. The number of carbonyl (C=O) groups excluding carboxylic acids is 1. The monoisotopic (exact) mass is 220 g/mol. The van der Waals surface area contributed by atoms with E-state index in [-0.39, 0.29) is 18.0 Å². The zero-order valence-electron chi connectivity index (χ0n) is 9.82. The Hall–Kier alpha value is -1.51. The first-order chi connectivity index (χ1) is 7.61. The van der Waals surface area contributed by atoms with Crippen molar-refractivity contribution in [1.82, 2.24) is 0 Å². The number of hydrogen-bond donors (Lipinski definition) is 0. The molecule has 0 bridgehead atoms. The summed E-state index contributed by atoms with van der Waals surface area (Å²) in [6.45, 7) is 3.94. The van der Waals surface area contributed by atoms with E-state index >= 15 is 0 Å². The molecule has 2 aliphatic rings. The van der Waals surface area contributed by atoms with Gasteiger partial charge < -0.3 is 9.47 Å². The molecule has 0 saturated carbocycles. The third-order valence-corrected chi connectivity index (χ3v) is 2.93. The Morgan fingerprint density at radius 2 is 2.19 bits per heavy atom. The minimum Gasteiger partial charge on any atom is -0.496 e. The fourth-order valence-corrected chi connectivity index (χ4v) is 2.20. The minimum atomic E-state index is -0.254. The van der Waals surface area contributed by atoms with Gasteiger partial charge in [0.2, 0.25) is 0 Å². The van der Waals surface area contributed by atoms with E-state index in [9.17, 15) is 4.79 Å². The lowest BCUT2D eigenvalue weighted by atomic mass is 9.89. The summed E-state index contributed by atoms with van der Waals surface area (Å²) in [6, 6.07) is 0. The van der Waals surface area contributed by atoms with Crippen LogP contribution >= 0.6 is 0 Å². The number of rotatable bonds is 1. The van der Waals surface area contributed by atoms with Gasteiger partial charge in [0.05, 0.1) is 12.7 Å². The molecular weight excluding hydrogens is 204 g/mol. The second-order valence-electron chi connectivity index (χ2n) is 4.28. The van der Waals surface area contributed by atoms with E-state index in [1.807, 2.05) is 26.0 Å². The lowest BCUT2D eigenvalue weighted by Gasteiger charge is -2.27. The van der Waals surface area contributed by atoms with Crippen molar-refractivity contribution < 1.29 is 14.3 Å². The highest BCUT2D eigenvalue weighted by Crippen LogP contribution is 2.33. The van der Waals surface area contributed by atoms with Crippen molar-refractivity contribution in [3.8, 4) is 0 Å². The molecule has 1 fully saturated rings. The average molecular weight is 220 g/mol. The van der Waals surface area contributed by atoms with Gasteiger partial charge in [0.1, 0.15) is 11.9 Å². The first-order valence-corrected chi connectivity index (χ1v) is 5.47. The van der Waals surface area contributed by atoms with Crippen molar-refractivity contribution in [3.63, 3.8) is 0 Å². The fraction of sp³-hybridized carbons (Fsp3) is 0.462. The molecule has 0 aromatic carbocycles. The first-order valence-electron chi connectivity index (χ1n) is 5.47. The van der Waals surface area contributed by atoms with Crippen LogP contribution in [0.4, 0.5) is 0 Å². The van der Waals surface area contributed by atoms with Gasteiger partial charge in [-0.05, 0) is 26.3 Å². The van der Waals surface area contributed by atoms with Crippen LogP contribution in [0, 0.1) is 5.92 Å². The summed E-state index contributed by atoms with van der Waals surface area (Å²) < 4.78 is 10.5. The Balaban J connectivity index is 2.46. The summed E-state index contributed by atoms with van der Waals surface area (Å²) in [5, 5.41) is 0. The highest BCUT2D eigenvalue weighted by atomic mass is 16.5. The van der Waals surface area contributed by atoms with E-state index in [1.54, 1.807) is 7.11 Å². The maximum Gasteiger partial charge on any atom is 0.338 e. The third kappa shape index (κ3) is 1.90. The van der Waals surface area contributed by atoms with E-state index in [2.05, 4.69) is 6.08 Å². The SMILES string of the molecule is COC1=C2C(=O)OC(C)CC2C=C(C)C=C1. The molecule has 2 rings (SSSR count). The van der Waals surface area contributed by atoms with Crippen LogP contribution in [0.5, 0.6) is 0 Å². The smallest absolute Gasteiger partial charge is 0.338 e. The molecule has 1 saturated heterocycles. The number of allylic oxidation sites excluding steroid dienone is 4. The molecular formula is C13H16O3. The quantitative estimate of drug-likeness (QED) is 0.636. The standard InChI is InChI=1S/C13H16O3/c1-8-4-5-11(15-3)12-10(6-8)7-9(2)16-13(12)14/h4-6,9-10H,7H2,1-3H3. The van der Waals surface area contributed by atoms with Crippen LogP contribution in [0.2, 0.25) is 0 Å². The Morgan fingerprint density at radius 3 is 2.88 bits per heavy atom. The number of ether oxygens (including phenoxy) is 2. The molecule has 1 aliphatic heterocycles. The van der Waals surface area contributed by atoms with Crippen LogP contribution in [-0.4, -0.2) is 19.2 Å². The molecule has 2 unspecified atom stereocenters. The topological polar surface area (TPSA) is 35.5 Å². The van der Waals surface area contributed by atoms with Gasteiger partial charge >= 0.3 is 5.97 Å². The lowest BCUT2D eigenvalue weighted by Crippen LogP contribution is -2.30. The molecule has 3 heteroatoms. The van der Waals surface area contributed by atoms with Gasteiger partial charge in [0.15, 0.2) is 0 Å². The molecule has 2 atom stereocenters. The average Bonchev–Trinajstić information content (AvgIpc) is 2.36. The number of carbonyl (C=O) groups is 1. The molecule has 0 aromatic heterocycles. The van der Waals surface area contributed by atoms with Crippen molar-refractivity contribution in [2.75, 3.05) is 7.11 Å². The lowest BCUT2D eigenvalue weighted by molar-refractivity contribution is -0.148. The largest absolute Gasteiger partial charge is 0.496 e. The summed E-state index contributed by atoms with van der Waals surface area (Å²) in [5.41, 5.74) is 1.80. The van der Waals surface area contributed by atoms with Gasteiger partial charge in [-0.1, -0.05) is 17.7 Å². The second kappa shape index (κ2) is 4.16. The fourth-order valence-electron chi connectivity index (χ4n) is 2.20. The molecule has 0 aromatic rings. The zero-order chi connectivity index (χ0) is 11.7. The van der Waals surface area contributed by atoms with Crippen molar-refractivity contribution in [1.29, 1.82) is 0 Å². The summed E-state index contributed by atoms with van der Waals surface area (Å²) in [6.07, 6.45) is 6.70. The van der Waals surface area contributed by atoms with Gasteiger partial charge in [-0.2, -0.15) is 0 Å². The summed E-state index contributed by atoms with van der Waals surface area (Å²) in [7, 11) is 1.58. The van der Waals surface area contributed by atoms with E-state index < -0.39 is 0 Å². The number of hydrogen-bond acceptors (Lipinski definition) is 3. The highest BCUT2D eigenvalue weighted by molar-refractivity contribution is 5.91. The van der Waals surface area contributed by atoms with Gasteiger partial charge in [0.25, 0.3) is 0 Å². The summed E-state index contributed by atoms with van der Waals surface area (Å²) >= 11 is 0. The molecule has 16 heavy (non-hydrogen) atoms. The van der Waals surface area contributed by atoms with Crippen molar-refractivity contribution in [2.24, 2.45) is 5.92 Å². The van der Waals surface area contributed by atoms with E-state index in [1.165, 1.54) is 0 Å². The van der Waals surface area contributed by atoms with Crippen LogP contribution < -0.4 is 0 Å². The van der Waals surface area contributed by atoms with Crippen LogP contribution in [0.25, 0.3) is 0 Å². The predicted octanol–water partition coefficient (Wildman–Crippen LogP) is 2.35. The van der Waals surface area contributed by atoms with Crippen molar-refractivity contribution >= 4 is 5.97 Å². The third-order valence-electron chi connectivity index (χ3n) is 2.93. The molecule has 0 amide bonds. The van der Waals surface area contributed by atoms with E-state index in [0.29, 0.717) is 11.3 Å². The van der Waals surface area contributed by atoms with Gasteiger partial charge in [-0.15, -0.1) is 0 Å². The van der Waals surface area contributed by atoms with Crippen LogP contribution in [0.1, 0.15) is 20.3 Å². The van der Waals surface area contributed by atoms with Crippen molar-refractivity contribution in [3.05, 3.63) is 35.1 Å². The minimum absolute atomic E-state index is 0.0264. The molecule has 0 spiro atoms. The van der Waals surface area contributed by atoms with Gasteiger partial charge in [-0.3, -0.25) is 0 Å². The summed E-state index contributed by atoms with van der Waals surface area (Å²) in [5.74, 6) is 0.479. The number of fused-ring (bicyclic) bond motifs is 1. The van der Waals surface area contributed by atoms with Gasteiger partial charge in [0, 0.05) is 5.92 Å².